The molecule has 0 rings (SSSR count). The van der Waals surface area contributed by atoms with E-state index in [9.17, 15) is 35.9 Å². The van der Waals surface area contributed by atoms with E-state index in [1.807, 2.05) is 0 Å². The van der Waals surface area contributed by atoms with Crippen molar-refractivity contribution in [3.63, 3.8) is 0 Å². The van der Waals surface area contributed by atoms with Crippen LogP contribution in [0.25, 0.3) is 0 Å². The number of nitrogens with two attached hydrogens (primary N) is 2. The first-order valence-electron chi connectivity index (χ1n) is 6.88. The molecule has 28 heavy (non-hydrogen) atoms. The van der Waals surface area contributed by atoms with Crippen LogP contribution < -0.4 is 16.8 Å². The second-order valence-corrected chi connectivity index (χ2v) is 5.02. The second-order valence-electron chi connectivity index (χ2n) is 5.02. The molecule has 16 heteroatoms. The molecule has 0 saturated carbocycles. The standard InChI is InChI=1S/C8H17N3O3.2C2HF3O2/c1-4(2)6(8(13)14)11-7(12)5(10)3-9;2*3-2(4,5)1(6)7/h4-6H,3,9-10H2,1-2H3,(H,11,12)(H,13,14);2*(H,6,7)/t5-,6-;;/m0../s1. The lowest BCUT2D eigenvalue weighted by Gasteiger charge is -2.19. The van der Waals surface area contributed by atoms with Gasteiger partial charge in [0.05, 0.1) is 6.04 Å². The molecule has 0 bridgehead atoms. The highest BCUT2D eigenvalue weighted by atomic mass is 19.4. The fraction of sp³-hybridized carbons (Fsp3) is 0.667. The van der Waals surface area contributed by atoms with Crippen LogP contribution in [0.2, 0.25) is 0 Å². The Hall–Kier alpha value is -2.62. The number of carboxylic acids is 3. The predicted molar refractivity (Wildman–Crippen MR) is 78.8 cm³/mol. The number of hydrogen-bond donors (Lipinski definition) is 6. The van der Waals surface area contributed by atoms with Crippen LogP contribution in [0.1, 0.15) is 13.8 Å². The molecule has 0 aromatic heterocycles. The molecule has 0 spiro atoms. The largest absolute Gasteiger partial charge is 0.490 e. The van der Waals surface area contributed by atoms with Crippen LogP contribution in [-0.4, -0.2) is 70.1 Å². The molecule has 10 nitrogen and oxygen atoms in total. The minimum atomic E-state index is -5.08. The van der Waals surface area contributed by atoms with Crippen LogP contribution in [0.15, 0.2) is 0 Å². The number of nitrogens with one attached hydrogen (secondary N) is 1. The minimum Gasteiger partial charge on any atom is -0.480 e. The zero-order valence-corrected chi connectivity index (χ0v) is 14.3. The number of carbonyl (C=O) groups is 4. The Balaban J connectivity index is -0.000000375. The monoisotopic (exact) mass is 431 g/mol. The summed E-state index contributed by atoms with van der Waals surface area (Å²) in [5.41, 5.74) is 10.5. The highest BCUT2D eigenvalue weighted by Crippen LogP contribution is 2.13. The van der Waals surface area contributed by atoms with Gasteiger partial charge in [0.2, 0.25) is 5.91 Å². The normalized spacial score (nSPS) is 13.1. The first-order chi connectivity index (χ1) is 12.3. The van der Waals surface area contributed by atoms with Crippen molar-refractivity contribution in [1.29, 1.82) is 0 Å². The molecule has 2 atom stereocenters. The van der Waals surface area contributed by atoms with Gasteiger partial charge < -0.3 is 32.1 Å². The molecular formula is C12H19F6N3O7. The molecular weight excluding hydrogens is 412 g/mol. The van der Waals surface area contributed by atoms with Gasteiger partial charge in [-0.1, -0.05) is 13.8 Å². The lowest BCUT2D eigenvalue weighted by atomic mass is 10.0. The molecule has 0 unspecified atom stereocenters. The van der Waals surface area contributed by atoms with Crippen molar-refractivity contribution in [2.45, 2.75) is 38.3 Å². The number of amides is 1. The van der Waals surface area contributed by atoms with E-state index in [-0.39, 0.29) is 12.5 Å². The van der Waals surface area contributed by atoms with Gasteiger partial charge >= 0.3 is 30.3 Å². The van der Waals surface area contributed by atoms with Gasteiger partial charge in [-0.2, -0.15) is 26.3 Å². The van der Waals surface area contributed by atoms with Crippen molar-refractivity contribution in [1.82, 2.24) is 5.32 Å². The van der Waals surface area contributed by atoms with E-state index < -0.39 is 48.3 Å². The quantitative estimate of drug-likeness (QED) is 0.319. The summed E-state index contributed by atoms with van der Waals surface area (Å²) in [5, 5.41) is 25.3. The van der Waals surface area contributed by atoms with Gasteiger partial charge in [-0.3, -0.25) is 4.79 Å². The molecule has 166 valence electrons. The van der Waals surface area contributed by atoms with E-state index in [0.29, 0.717) is 0 Å². The molecule has 0 aliphatic carbocycles. The molecule has 0 aliphatic heterocycles. The number of aliphatic carboxylic acids is 3. The van der Waals surface area contributed by atoms with Crippen molar-refractivity contribution in [3.8, 4) is 0 Å². The maximum atomic E-state index is 11.2. The number of hydrogen-bond acceptors (Lipinski definition) is 6. The zero-order valence-electron chi connectivity index (χ0n) is 14.3. The zero-order chi connectivity index (χ0) is 23.5. The average Bonchev–Trinajstić information content (AvgIpc) is 2.50. The van der Waals surface area contributed by atoms with Crippen molar-refractivity contribution >= 4 is 23.8 Å². The van der Waals surface area contributed by atoms with Crippen LogP contribution in [0.5, 0.6) is 0 Å². The fourth-order valence-corrected chi connectivity index (χ4v) is 0.881. The third kappa shape index (κ3) is 15.6. The third-order valence-electron chi connectivity index (χ3n) is 2.31. The summed E-state index contributed by atoms with van der Waals surface area (Å²) in [6, 6.07) is -1.77. The van der Waals surface area contributed by atoms with E-state index in [2.05, 4.69) is 5.32 Å². The minimum absolute atomic E-state index is 0.00370. The number of halogens is 6. The number of carbonyl (C=O) groups excluding carboxylic acids is 1. The molecule has 0 aromatic carbocycles. The first kappa shape index (κ1) is 30.1. The maximum absolute atomic E-state index is 11.2. The highest BCUT2D eigenvalue weighted by molar-refractivity contribution is 5.87. The van der Waals surface area contributed by atoms with Crippen LogP contribution in [0.4, 0.5) is 26.3 Å². The van der Waals surface area contributed by atoms with Gasteiger partial charge in [0.1, 0.15) is 6.04 Å². The Morgan fingerprint density at radius 1 is 0.893 bits per heavy atom. The van der Waals surface area contributed by atoms with E-state index in [1.54, 1.807) is 13.8 Å². The number of alkyl halides is 6. The lowest BCUT2D eigenvalue weighted by molar-refractivity contribution is -0.193. The second kappa shape index (κ2) is 12.7. The van der Waals surface area contributed by atoms with Crippen LogP contribution in [-0.2, 0) is 19.2 Å². The number of rotatable bonds is 5. The Labute approximate surface area is 153 Å². The van der Waals surface area contributed by atoms with E-state index in [1.165, 1.54) is 0 Å². The lowest BCUT2D eigenvalue weighted by Crippen LogP contribution is -2.52. The summed E-state index contributed by atoms with van der Waals surface area (Å²) in [5.74, 6) is -7.31. The van der Waals surface area contributed by atoms with Crippen molar-refractivity contribution in [2.24, 2.45) is 17.4 Å². The summed E-state index contributed by atoms with van der Waals surface area (Å²) in [6.45, 7) is 3.40. The van der Waals surface area contributed by atoms with Gasteiger partial charge in [0.15, 0.2) is 0 Å². The summed E-state index contributed by atoms with van der Waals surface area (Å²) < 4.78 is 63.5. The van der Waals surface area contributed by atoms with Gasteiger partial charge in [0.25, 0.3) is 0 Å². The Bertz CT molecular complexity index is 513. The third-order valence-corrected chi connectivity index (χ3v) is 2.31. The Kier molecular flexibility index (Phi) is 13.7. The molecule has 0 aromatic rings. The Morgan fingerprint density at radius 3 is 1.32 bits per heavy atom. The summed E-state index contributed by atoms with van der Waals surface area (Å²) in [7, 11) is 0. The van der Waals surface area contributed by atoms with Crippen molar-refractivity contribution in [3.05, 3.63) is 0 Å². The molecule has 0 saturated heterocycles. The van der Waals surface area contributed by atoms with Crippen LogP contribution >= 0.6 is 0 Å². The Morgan fingerprint density at radius 2 is 1.18 bits per heavy atom. The maximum Gasteiger partial charge on any atom is 0.490 e. The van der Waals surface area contributed by atoms with E-state index in [4.69, 9.17) is 36.4 Å². The van der Waals surface area contributed by atoms with Crippen molar-refractivity contribution < 1.29 is 60.8 Å². The summed E-state index contributed by atoms with van der Waals surface area (Å²) in [6.07, 6.45) is -10.2. The van der Waals surface area contributed by atoms with Gasteiger partial charge in [-0.15, -0.1) is 0 Å². The van der Waals surface area contributed by atoms with E-state index >= 15 is 0 Å². The fourth-order valence-electron chi connectivity index (χ4n) is 0.881. The molecule has 0 fully saturated rings. The predicted octanol–water partition coefficient (Wildman–Crippen LogP) is -0.236. The molecule has 8 N–H and O–H groups in total. The van der Waals surface area contributed by atoms with E-state index in [0.717, 1.165) is 0 Å². The van der Waals surface area contributed by atoms with Gasteiger partial charge in [-0.25, -0.2) is 14.4 Å². The average molecular weight is 431 g/mol. The van der Waals surface area contributed by atoms with Crippen LogP contribution in [0, 0.1) is 5.92 Å². The summed E-state index contributed by atoms with van der Waals surface area (Å²) >= 11 is 0. The summed E-state index contributed by atoms with van der Waals surface area (Å²) in [4.78, 5) is 39.7. The molecule has 0 heterocycles. The topological polar surface area (TPSA) is 193 Å². The van der Waals surface area contributed by atoms with Gasteiger partial charge in [-0.05, 0) is 5.92 Å². The smallest absolute Gasteiger partial charge is 0.480 e. The molecule has 1 amide bonds. The van der Waals surface area contributed by atoms with Crippen molar-refractivity contribution in [2.75, 3.05) is 6.54 Å². The number of carboxylic acid groups (broad SMARTS) is 3. The van der Waals surface area contributed by atoms with Crippen LogP contribution in [0.3, 0.4) is 0 Å². The molecule has 0 aliphatic rings. The highest BCUT2D eigenvalue weighted by Gasteiger charge is 2.38. The SMILES string of the molecule is CC(C)[C@H](NC(=O)[C@@H](N)CN)C(=O)O.O=C(O)C(F)(F)F.O=C(O)C(F)(F)F. The first-order valence-corrected chi connectivity index (χ1v) is 6.88. The molecule has 0 radical (unpaired) electrons. The van der Waals surface area contributed by atoms with Gasteiger partial charge in [0, 0.05) is 6.54 Å².